The number of benzene rings is 1. The van der Waals surface area contributed by atoms with Crippen molar-refractivity contribution in [2.24, 2.45) is 5.84 Å². The number of pyridine rings is 1. The van der Waals surface area contributed by atoms with E-state index in [1.54, 1.807) is 18.0 Å². The van der Waals surface area contributed by atoms with Crippen LogP contribution in [0.4, 0.5) is 5.69 Å². The minimum atomic E-state index is -0.201. The van der Waals surface area contributed by atoms with Gasteiger partial charge in [0.15, 0.2) is 0 Å². The first-order valence-corrected chi connectivity index (χ1v) is 7.08. The first kappa shape index (κ1) is 14.4. The van der Waals surface area contributed by atoms with Gasteiger partial charge in [-0.1, -0.05) is 36.0 Å². The SMILES string of the molecule is NNC(=O)Cc1ccc(CSc2ncccc2N)cc1. The quantitative estimate of drug-likeness (QED) is 0.335. The van der Waals surface area contributed by atoms with E-state index in [1.807, 2.05) is 36.4 Å². The third kappa shape index (κ3) is 3.97. The number of hydrogen-bond donors (Lipinski definition) is 3. The zero-order valence-corrected chi connectivity index (χ0v) is 11.7. The Morgan fingerprint density at radius 1 is 1.20 bits per heavy atom. The van der Waals surface area contributed by atoms with Gasteiger partial charge >= 0.3 is 0 Å². The van der Waals surface area contributed by atoms with Crippen molar-refractivity contribution in [3.05, 3.63) is 53.7 Å². The Morgan fingerprint density at radius 3 is 2.55 bits per heavy atom. The van der Waals surface area contributed by atoms with Crippen molar-refractivity contribution in [1.29, 1.82) is 0 Å². The van der Waals surface area contributed by atoms with Gasteiger partial charge in [-0.05, 0) is 23.3 Å². The first-order chi connectivity index (χ1) is 9.69. The number of anilines is 1. The van der Waals surface area contributed by atoms with Gasteiger partial charge in [0.25, 0.3) is 0 Å². The Morgan fingerprint density at radius 2 is 1.90 bits per heavy atom. The maximum Gasteiger partial charge on any atom is 0.238 e. The fourth-order valence-electron chi connectivity index (χ4n) is 1.67. The monoisotopic (exact) mass is 288 g/mol. The second-order valence-electron chi connectivity index (χ2n) is 4.25. The van der Waals surface area contributed by atoms with Gasteiger partial charge in [-0.3, -0.25) is 10.2 Å². The van der Waals surface area contributed by atoms with E-state index in [9.17, 15) is 4.79 Å². The number of nitrogens with zero attached hydrogens (tertiary/aromatic N) is 1. The molecule has 0 aliphatic heterocycles. The molecule has 0 atom stereocenters. The molecular weight excluding hydrogens is 272 g/mol. The van der Waals surface area contributed by atoms with Crippen LogP contribution >= 0.6 is 11.8 Å². The van der Waals surface area contributed by atoms with Gasteiger partial charge in [-0.25, -0.2) is 10.8 Å². The molecule has 20 heavy (non-hydrogen) atoms. The van der Waals surface area contributed by atoms with Crippen molar-refractivity contribution in [3.8, 4) is 0 Å². The lowest BCUT2D eigenvalue weighted by Crippen LogP contribution is -2.31. The molecule has 104 valence electrons. The highest BCUT2D eigenvalue weighted by Crippen LogP contribution is 2.25. The Labute approximate surface area is 121 Å². The van der Waals surface area contributed by atoms with E-state index in [0.29, 0.717) is 5.69 Å². The molecule has 0 spiro atoms. The largest absolute Gasteiger partial charge is 0.397 e. The molecule has 5 N–H and O–H groups in total. The molecule has 1 amide bonds. The summed E-state index contributed by atoms with van der Waals surface area (Å²) < 4.78 is 0. The predicted molar refractivity (Wildman–Crippen MR) is 80.7 cm³/mol. The summed E-state index contributed by atoms with van der Waals surface area (Å²) in [4.78, 5) is 15.4. The van der Waals surface area contributed by atoms with Gasteiger partial charge < -0.3 is 5.73 Å². The molecule has 0 saturated heterocycles. The molecule has 0 aliphatic rings. The van der Waals surface area contributed by atoms with E-state index in [4.69, 9.17) is 11.6 Å². The maximum atomic E-state index is 11.2. The summed E-state index contributed by atoms with van der Waals surface area (Å²) in [6.45, 7) is 0. The molecule has 1 aromatic carbocycles. The summed E-state index contributed by atoms with van der Waals surface area (Å²) in [5, 5.41) is 0.832. The second kappa shape index (κ2) is 6.93. The van der Waals surface area contributed by atoms with E-state index < -0.39 is 0 Å². The van der Waals surface area contributed by atoms with Crippen LogP contribution in [-0.4, -0.2) is 10.9 Å². The maximum absolute atomic E-state index is 11.2. The van der Waals surface area contributed by atoms with Gasteiger partial charge in [0.1, 0.15) is 5.03 Å². The average molecular weight is 288 g/mol. The van der Waals surface area contributed by atoms with Crippen molar-refractivity contribution in [3.63, 3.8) is 0 Å². The van der Waals surface area contributed by atoms with Crippen molar-refractivity contribution < 1.29 is 4.79 Å². The molecule has 2 aromatic rings. The highest BCUT2D eigenvalue weighted by Gasteiger charge is 2.03. The molecule has 1 aromatic heterocycles. The van der Waals surface area contributed by atoms with Crippen molar-refractivity contribution in [2.45, 2.75) is 17.2 Å². The van der Waals surface area contributed by atoms with Crippen molar-refractivity contribution in [2.75, 3.05) is 5.73 Å². The van der Waals surface area contributed by atoms with Crippen molar-refractivity contribution >= 4 is 23.4 Å². The summed E-state index contributed by atoms with van der Waals surface area (Å²) >= 11 is 1.59. The van der Waals surface area contributed by atoms with Crippen molar-refractivity contribution in [1.82, 2.24) is 10.4 Å². The number of carbonyl (C=O) groups is 1. The van der Waals surface area contributed by atoms with Gasteiger partial charge in [0, 0.05) is 11.9 Å². The minimum absolute atomic E-state index is 0.201. The van der Waals surface area contributed by atoms with Gasteiger partial charge in [-0.15, -0.1) is 0 Å². The summed E-state index contributed by atoms with van der Waals surface area (Å²) in [5.41, 5.74) is 10.7. The Bertz CT molecular complexity index is 586. The van der Waals surface area contributed by atoms with E-state index in [1.165, 1.54) is 0 Å². The number of aromatic nitrogens is 1. The average Bonchev–Trinajstić information content (AvgIpc) is 2.48. The lowest BCUT2D eigenvalue weighted by Gasteiger charge is -2.05. The summed E-state index contributed by atoms with van der Waals surface area (Å²) in [6.07, 6.45) is 2.02. The number of thioether (sulfide) groups is 1. The van der Waals surface area contributed by atoms with Crippen LogP contribution < -0.4 is 17.0 Å². The number of amides is 1. The van der Waals surface area contributed by atoms with Crippen LogP contribution in [0.15, 0.2) is 47.6 Å². The molecule has 5 nitrogen and oxygen atoms in total. The predicted octanol–water partition coefficient (Wildman–Crippen LogP) is 1.49. The highest BCUT2D eigenvalue weighted by atomic mass is 32.2. The normalized spacial score (nSPS) is 10.2. The molecule has 6 heteroatoms. The summed E-state index contributed by atoms with van der Waals surface area (Å²) in [6, 6.07) is 11.5. The molecule has 0 aliphatic carbocycles. The Balaban J connectivity index is 1.94. The molecule has 1 heterocycles. The number of hydrogen-bond acceptors (Lipinski definition) is 5. The van der Waals surface area contributed by atoms with E-state index >= 15 is 0 Å². The van der Waals surface area contributed by atoms with E-state index in [-0.39, 0.29) is 12.3 Å². The van der Waals surface area contributed by atoms with Crippen LogP contribution in [0.2, 0.25) is 0 Å². The van der Waals surface area contributed by atoms with Crippen LogP contribution in [0, 0.1) is 0 Å². The first-order valence-electron chi connectivity index (χ1n) is 6.09. The fraction of sp³-hybridized carbons (Fsp3) is 0.143. The standard InChI is InChI=1S/C14H16N4OS/c15-12-2-1-7-17-14(12)20-9-11-5-3-10(4-6-11)8-13(19)18-16/h1-7H,8-9,15-16H2,(H,18,19). The molecule has 0 bridgehead atoms. The van der Waals surface area contributed by atoms with E-state index in [0.717, 1.165) is 21.9 Å². The third-order valence-corrected chi connectivity index (χ3v) is 3.82. The lowest BCUT2D eigenvalue weighted by molar-refractivity contribution is -0.120. The zero-order valence-electron chi connectivity index (χ0n) is 10.9. The summed E-state index contributed by atoms with van der Waals surface area (Å²) in [7, 11) is 0. The number of nitrogens with two attached hydrogens (primary N) is 2. The number of nitrogen functional groups attached to an aromatic ring is 1. The smallest absolute Gasteiger partial charge is 0.238 e. The fourth-order valence-corrected chi connectivity index (χ4v) is 2.53. The summed E-state index contributed by atoms with van der Waals surface area (Å²) in [5.74, 6) is 5.64. The lowest BCUT2D eigenvalue weighted by atomic mass is 10.1. The Kier molecular flexibility index (Phi) is 4.97. The van der Waals surface area contributed by atoms with E-state index in [2.05, 4.69) is 10.4 Å². The minimum Gasteiger partial charge on any atom is -0.397 e. The molecule has 0 unspecified atom stereocenters. The van der Waals surface area contributed by atoms with Crippen LogP contribution in [0.5, 0.6) is 0 Å². The highest BCUT2D eigenvalue weighted by molar-refractivity contribution is 7.98. The number of rotatable bonds is 5. The van der Waals surface area contributed by atoms with Gasteiger partial charge in [0.2, 0.25) is 5.91 Å². The molecular formula is C14H16N4OS. The van der Waals surface area contributed by atoms with Gasteiger partial charge in [-0.2, -0.15) is 0 Å². The number of carbonyl (C=O) groups excluding carboxylic acids is 1. The number of hydrazine groups is 1. The molecule has 0 fully saturated rings. The van der Waals surface area contributed by atoms with Crippen LogP contribution in [-0.2, 0) is 17.0 Å². The zero-order chi connectivity index (χ0) is 14.4. The molecule has 0 saturated carbocycles. The Hall–Kier alpha value is -2.05. The molecule has 0 radical (unpaired) electrons. The third-order valence-electron chi connectivity index (χ3n) is 2.72. The van der Waals surface area contributed by atoms with Crippen LogP contribution in [0.25, 0.3) is 0 Å². The van der Waals surface area contributed by atoms with Crippen LogP contribution in [0.1, 0.15) is 11.1 Å². The van der Waals surface area contributed by atoms with Crippen LogP contribution in [0.3, 0.4) is 0 Å². The molecule has 2 rings (SSSR count). The second-order valence-corrected chi connectivity index (χ2v) is 5.21. The number of nitrogens with one attached hydrogen (secondary N) is 1. The van der Waals surface area contributed by atoms with Gasteiger partial charge in [0.05, 0.1) is 12.1 Å². The topological polar surface area (TPSA) is 94.0 Å².